The third kappa shape index (κ3) is 3.15. The Morgan fingerprint density at radius 1 is 1.20 bits per heavy atom. The van der Waals surface area contributed by atoms with Gasteiger partial charge in [0.05, 0.1) is 17.7 Å². The van der Waals surface area contributed by atoms with E-state index in [4.69, 9.17) is 27.9 Å². The maximum absolute atomic E-state index is 12.1. The van der Waals surface area contributed by atoms with E-state index in [0.717, 1.165) is 0 Å². The first-order valence-corrected chi connectivity index (χ1v) is 6.40. The van der Waals surface area contributed by atoms with Crippen LogP contribution in [0.1, 0.15) is 10.4 Å². The summed E-state index contributed by atoms with van der Waals surface area (Å²) in [6.45, 7) is 0. The lowest BCUT2D eigenvalue weighted by Gasteiger charge is -2.09. The standard InChI is InChI=1S/C14H11Cl2NO3/c1-20-13-7-9(3-4-11(13)16)17-14(19)10-6-8(15)2-5-12(10)18/h2-7,18H,1H3,(H,17,19). The van der Waals surface area contributed by atoms with Crippen molar-refractivity contribution in [2.24, 2.45) is 0 Å². The highest BCUT2D eigenvalue weighted by Crippen LogP contribution is 2.28. The van der Waals surface area contributed by atoms with Gasteiger partial charge in [-0.25, -0.2) is 0 Å². The lowest BCUT2D eigenvalue weighted by Crippen LogP contribution is -2.12. The van der Waals surface area contributed by atoms with E-state index in [0.29, 0.717) is 21.5 Å². The normalized spacial score (nSPS) is 10.2. The van der Waals surface area contributed by atoms with Crippen LogP contribution in [0.4, 0.5) is 5.69 Å². The number of halogens is 2. The molecule has 0 aliphatic heterocycles. The molecule has 104 valence electrons. The quantitative estimate of drug-likeness (QED) is 0.902. The first-order chi connectivity index (χ1) is 9.51. The number of nitrogens with one attached hydrogen (secondary N) is 1. The summed E-state index contributed by atoms with van der Waals surface area (Å²) < 4.78 is 5.06. The van der Waals surface area contributed by atoms with Gasteiger partial charge in [0.2, 0.25) is 0 Å². The number of aromatic hydroxyl groups is 1. The van der Waals surface area contributed by atoms with E-state index in [1.54, 1.807) is 18.2 Å². The van der Waals surface area contributed by atoms with Gasteiger partial charge in [0, 0.05) is 16.8 Å². The monoisotopic (exact) mass is 311 g/mol. The van der Waals surface area contributed by atoms with Gasteiger partial charge >= 0.3 is 0 Å². The molecule has 0 heterocycles. The zero-order chi connectivity index (χ0) is 14.7. The molecule has 0 unspecified atom stereocenters. The second kappa shape index (κ2) is 6.03. The number of methoxy groups -OCH3 is 1. The molecular formula is C14H11Cl2NO3. The van der Waals surface area contributed by atoms with Crippen LogP contribution in [-0.4, -0.2) is 18.1 Å². The summed E-state index contributed by atoms with van der Waals surface area (Å²) in [6.07, 6.45) is 0. The number of ether oxygens (including phenoxy) is 1. The lowest BCUT2D eigenvalue weighted by molar-refractivity contribution is 0.102. The van der Waals surface area contributed by atoms with Gasteiger partial charge in [-0.05, 0) is 30.3 Å². The number of hydrogen-bond donors (Lipinski definition) is 2. The van der Waals surface area contributed by atoms with Crippen molar-refractivity contribution < 1.29 is 14.6 Å². The number of carbonyl (C=O) groups excluding carboxylic acids is 1. The van der Waals surface area contributed by atoms with E-state index >= 15 is 0 Å². The average molecular weight is 312 g/mol. The molecule has 0 aliphatic carbocycles. The highest BCUT2D eigenvalue weighted by atomic mass is 35.5. The first kappa shape index (κ1) is 14.5. The van der Waals surface area contributed by atoms with Crippen LogP contribution in [0, 0.1) is 0 Å². The Kier molecular flexibility index (Phi) is 4.37. The van der Waals surface area contributed by atoms with Gasteiger partial charge < -0.3 is 15.2 Å². The van der Waals surface area contributed by atoms with Crippen LogP contribution in [0.3, 0.4) is 0 Å². The van der Waals surface area contributed by atoms with Gasteiger partial charge in [0.1, 0.15) is 11.5 Å². The van der Waals surface area contributed by atoms with Crippen LogP contribution in [0.5, 0.6) is 11.5 Å². The highest BCUT2D eigenvalue weighted by Gasteiger charge is 2.13. The van der Waals surface area contributed by atoms with Crippen molar-refractivity contribution in [1.29, 1.82) is 0 Å². The van der Waals surface area contributed by atoms with Crippen LogP contribution in [0.2, 0.25) is 10.0 Å². The lowest BCUT2D eigenvalue weighted by atomic mass is 10.2. The van der Waals surface area contributed by atoms with E-state index in [9.17, 15) is 9.90 Å². The number of benzene rings is 2. The van der Waals surface area contributed by atoms with Gasteiger partial charge in [-0.15, -0.1) is 0 Å². The maximum atomic E-state index is 12.1. The maximum Gasteiger partial charge on any atom is 0.259 e. The molecule has 2 aromatic rings. The molecule has 0 bridgehead atoms. The summed E-state index contributed by atoms with van der Waals surface area (Å²) in [7, 11) is 1.48. The minimum Gasteiger partial charge on any atom is -0.507 e. The summed E-state index contributed by atoms with van der Waals surface area (Å²) in [6, 6.07) is 9.07. The molecule has 2 rings (SSSR count). The topological polar surface area (TPSA) is 58.6 Å². The number of phenolic OH excluding ortho intramolecular Hbond substituents is 1. The number of rotatable bonds is 3. The van der Waals surface area contributed by atoms with Gasteiger partial charge in [0.15, 0.2) is 0 Å². The summed E-state index contributed by atoms with van der Waals surface area (Å²) >= 11 is 11.7. The molecule has 2 aromatic carbocycles. The minimum atomic E-state index is -0.477. The minimum absolute atomic E-state index is 0.0893. The molecule has 0 atom stereocenters. The van der Waals surface area contributed by atoms with E-state index in [-0.39, 0.29) is 11.3 Å². The molecule has 4 nitrogen and oxygen atoms in total. The smallest absolute Gasteiger partial charge is 0.259 e. The molecule has 0 saturated carbocycles. The fourth-order valence-corrected chi connectivity index (χ4v) is 1.99. The molecule has 6 heteroatoms. The molecule has 1 amide bonds. The Morgan fingerprint density at radius 3 is 2.65 bits per heavy atom. The Bertz CT molecular complexity index is 659. The van der Waals surface area contributed by atoms with E-state index in [1.807, 2.05) is 0 Å². The average Bonchev–Trinajstić information content (AvgIpc) is 2.43. The molecule has 0 saturated heterocycles. The second-order valence-electron chi connectivity index (χ2n) is 3.96. The van der Waals surface area contributed by atoms with E-state index in [1.165, 1.54) is 25.3 Å². The Hall–Kier alpha value is -1.91. The number of amides is 1. The van der Waals surface area contributed by atoms with Crippen LogP contribution in [0.15, 0.2) is 36.4 Å². The molecule has 0 aliphatic rings. The zero-order valence-electron chi connectivity index (χ0n) is 10.5. The number of phenols is 1. The van der Waals surface area contributed by atoms with Crippen LogP contribution in [0.25, 0.3) is 0 Å². The zero-order valence-corrected chi connectivity index (χ0v) is 12.0. The molecule has 0 aromatic heterocycles. The van der Waals surface area contributed by atoms with Crippen molar-refractivity contribution in [3.05, 3.63) is 52.0 Å². The highest BCUT2D eigenvalue weighted by molar-refractivity contribution is 6.32. The molecule has 0 fully saturated rings. The first-order valence-electron chi connectivity index (χ1n) is 5.64. The Balaban J connectivity index is 2.25. The predicted molar refractivity (Wildman–Crippen MR) is 79.1 cm³/mol. The van der Waals surface area contributed by atoms with Crippen molar-refractivity contribution in [2.45, 2.75) is 0 Å². The largest absolute Gasteiger partial charge is 0.507 e. The van der Waals surface area contributed by atoms with Crippen LogP contribution in [-0.2, 0) is 0 Å². The van der Waals surface area contributed by atoms with Gasteiger partial charge in [-0.3, -0.25) is 4.79 Å². The molecule has 0 radical (unpaired) electrons. The molecule has 0 spiro atoms. The fourth-order valence-electron chi connectivity index (χ4n) is 1.63. The SMILES string of the molecule is COc1cc(NC(=O)c2cc(Cl)ccc2O)ccc1Cl. The van der Waals surface area contributed by atoms with Gasteiger partial charge in [-0.1, -0.05) is 23.2 Å². The van der Waals surface area contributed by atoms with Crippen LogP contribution >= 0.6 is 23.2 Å². The van der Waals surface area contributed by atoms with Crippen molar-refractivity contribution in [2.75, 3.05) is 12.4 Å². The van der Waals surface area contributed by atoms with Crippen molar-refractivity contribution >= 4 is 34.8 Å². The van der Waals surface area contributed by atoms with E-state index in [2.05, 4.69) is 5.32 Å². The van der Waals surface area contributed by atoms with Crippen molar-refractivity contribution in [3.63, 3.8) is 0 Å². The Labute approximate surface area is 125 Å². The van der Waals surface area contributed by atoms with Gasteiger partial charge in [0.25, 0.3) is 5.91 Å². The third-order valence-corrected chi connectivity index (χ3v) is 3.16. The fraction of sp³-hybridized carbons (Fsp3) is 0.0714. The van der Waals surface area contributed by atoms with Crippen molar-refractivity contribution in [1.82, 2.24) is 0 Å². The summed E-state index contributed by atoms with van der Waals surface area (Å²) in [4.78, 5) is 12.1. The third-order valence-electron chi connectivity index (χ3n) is 2.61. The Morgan fingerprint density at radius 2 is 1.95 bits per heavy atom. The molecule has 2 N–H and O–H groups in total. The molecule has 20 heavy (non-hydrogen) atoms. The summed E-state index contributed by atoms with van der Waals surface area (Å²) in [5, 5.41) is 13.1. The van der Waals surface area contributed by atoms with Crippen LogP contribution < -0.4 is 10.1 Å². The summed E-state index contributed by atoms with van der Waals surface area (Å²) in [5.74, 6) is -0.179. The van der Waals surface area contributed by atoms with Crippen molar-refractivity contribution in [3.8, 4) is 11.5 Å². The van der Waals surface area contributed by atoms with Gasteiger partial charge in [-0.2, -0.15) is 0 Å². The van der Waals surface area contributed by atoms with E-state index < -0.39 is 5.91 Å². The number of carbonyl (C=O) groups is 1. The number of anilines is 1. The predicted octanol–water partition coefficient (Wildman–Crippen LogP) is 3.96. The number of hydrogen-bond acceptors (Lipinski definition) is 3. The molecular weight excluding hydrogens is 301 g/mol. The summed E-state index contributed by atoms with van der Waals surface area (Å²) in [5.41, 5.74) is 0.585. The second-order valence-corrected chi connectivity index (χ2v) is 4.81.